The Morgan fingerprint density at radius 3 is 2.32 bits per heavy atom. The Kier molecular flexibility index (Phi) is 7.10. The fraction of sp³-hybridized carbons (Fsp3) is 0.360. The Bertz CT molecular complexity index is 1020. The van der Waals surface area contributed by atoms with Gasteiger partial charge in [0, 0.05) is 24.7 Å². The number of aromatic nitrogens is 1. The molecule has 31 heavy (non-hydrogen) atoms. The van der Waals surface area contributed by atoms with Gasteiger partial charge in [0.05, 0.1) is 17.7 Å². The molecule has 0 aliphatic heterocycles. The van der Waals surface area contributed by atoms with E-state index in [-0.39, 0.29) is 30.1 Å². The van der Waals surface area contributed by atoms with Crippen LogP contribution < -0.4 is 4.90 Å². The summed E-state index contributed by atoms with van der Waals surface area (Å²) in [7, 11) is 1.94. The van der Waals surface area contributed by atoms with Gasteiger partial charge in [0.1, 0.15) is 11.5 Å². The molecule has 1 amide bonds. The molecule has 1 heterocycles. The lowest BCUT2D eigenvalue weighted by atomic mass is 10.0. The molecule has 3 aromatic rings. The zero-order valence-electron chi connectivity index (χ0n) is 18.8. The van der Waals surface area contributed by atoms with Gasteiger partial charge in [-0.25, -0.2) is 4.39 Å². The summed E-state index contributed by atoms with van der Waals surface area (Å²) in [5, 5.41) is 4.35. The Hall–Kier alpha value is -3.15. The summed E-state index contributed by atoms with van der Waals surface area (Å²) < 4.78 is 20.2. The summed E-state index contributed by atoms with van der Waals surface area (Å²) in [6.45, 7) is 8.37. The minimum absolute atomic E-state index is 0.0688. The summed E-state index contributed by atoms with van der Waals surface area (Å²) in [6.07, 6.45) is 0.738. The molecule has 0 saturated carbocycles. The van der Waals surface area contributed by atoms with Gasteiger partial charge in [0.25, 0.3) is 5.91 Å². The lowest BCUT2D eigenvalue weighted by molar-refractivity contribution is 0.0667. The molecule has 0 radical (unpaired) electrons. The van der Waals surface area contributed by atoms with Crippen molar-refractivity contribution in [3.63, 3.8) is 0 Å². The first kappa shape index (κ1) is 22.5. The molecule has 0 spiro atoms. The van der Waals surface area contributed by atoms with E-state index in [4.69, 9.17) is 4.52 Å². The number of hydrogen-bond donors (Lipinski definition) is 0. The van der Waals surface area contributed by atoms with Crippen molar-refractivity contribution >= 4 is 11.8 Å². The summed E-state index contributed by atoms with van der Waals surface area (Å²) in [5.41, 5.74) is 2.48. The molecule has 0 fully saturated rings. The minimum Gasteiger partial charge on any atom is -0.341 e. The topological polar surface area (TPSA) is 49.6 Å². The number of anilines is 1. The van der Waals surface area contributed by atoms with E-state index in [0.717, 1.165) is 17.5 Å². The largest absolute Gasteiger partial charge is 0.341 e. The number of hydrogen-bond acceptors (Lipinski definition) is 4. The molecule has 0 bridgehead atoms. The van der Waals surface area contributed by atoms with Gasteiger partial charge in [-0.1, -0.05) is 54.5 Å². The second kappa shape index (κ2) is 9.77. The molecule has 3 rings (SSSR count). The van der Waals surface area contributed by atoms with Crippen LogP contribution in [0.3, 0.4) is 0 Å². The monoisotopic (exact) mass is 423 g/mol. The number of nitrogens with zero attached hydrogens (tertiary/aromatic N) is 3. The SMILES string of the molecule is CCC(C)N(Cc1c(-c2ccccc2)noc1N(C)C(C)C)C(=O)c1ccccc1F. The molecule has 164 valence electrons. The number of carbonyl (C=O) groups excluding carboxylic acids is 1. The second-order valence-corrected chi connectivity index (χ2v) is 8.06. The Morgan fingerprint density at radius 1 is 1.06 bits per heavy atom. The lowest BCUT2D eigenvalue weighted by Crippen LogP contribution is -2.39. The molecule has 1 aromatic heterocycles. The summed E-state index contributed by atoms with van der Waals surface area (Å²) in [6, 6.07) is 15.9. The third-order valence-electron chi connectivity index (χ3n) is 5.73. The van der Waals surface area contributed by atoms with Crippen molar-refractivity contribution in [2.75, 3.05) is 11.9 Å². The van der Waals surface area contributed by atoms with Crippen LogP contribution in [0.2, 0.25) is 0 Å². The summed E-state index contributed by atoms with van der Waals surface area (Å²) >= 11 is 0. The van der Waals surface area contributed by atoms with E-state index in [0.29, 0.717) is 11.6 Å². The van der Waals surface area contributed by atoms with Crippen molar-refractivity contribution < 1.29 is 13.7 Å². The van der Waals surface area contributed by atoms with Crippen LogP contribution >= 0.6 is 0 Å². The van der Waals surface area contributed by atoms with Crippen LogP contribution in [0.25, 0.3) is 11.3 Å². The first-order valence-electron chi connectivity index (χ1n) is 10.7. The van der Waals surface area contributed by atoms with Gasteiger partial charge in [-0.2, -0.15) is 0 Å². The van der Waals surface area contributed by atoms with E-state index < -0.39 is 5.82 Å². The summed E-state index contributed by atoms with van der Waals surface area (Å²) in [5.74, 6) is -0.247. The van der Waals surface area contributed by atoms with Crippen LogP contribution in [0.1, 0.15) is 50.0 Å². The van der Waals surface area contributed by atoms with Crippen molar-refractivity contribution in [1.29, 1.82) is 0 Å². The lowest BCUT2D eigenvalue weighted by Gasteiger charge is -2.30. The fourth-order valence-electron chi connectivity index (χ4n) is 3.39. The summed E-state index contributed by atoms with van der Waals surface area (Å²) in [4.78, 5) is 17.1. The van der Waals surface area contributed by atoms with Crippen molar-refractivity contribution in [1.82, 2.24) is 10.1 Å². The van der Waals surface area contributed by atoms with Gasteiger partial charge < -0.3 is 14.3 Å². The Morgan fingerprint density at radius 2 is 1.71 bits per heavy atom. The molecule has 6 heteroatoms. The first-order valence-corrected chi connectivity index (χ1v) is 10.7. The molecule has 5 nitrogen and oxygen atoms in total. The predicted molar refractivity (Wildman–Crippen MR) is 122 cm³/mol. The fourth-order valence-corrected chi connectivity index (χ4v) is 3.39. The van der Waals surface area contributed by atoms with Gasteiger partial charge in [0.15, 0.2) is 0 Å². The highest BCUT2D eigenvalue weighted by atomic mass is 19.1. The molecular weight excluding hydrogens is 393 g/mol. The van der Waals surface area contributed by atoms with Crippen LogP contribution in [-0.2, 0) is 6.54 Å². The van der Waals surface area contributed by atoms with E-state index in [2.05, 4.69) is 19.0 Å². The zero-order valence-corrected chi connectivity index (χ0v) is 18.8. The van der Waals surface area contributed by atoms with Crippen LogP contribution in [0, 0.1) is 5.82 Å². The number of halogens is 1. The van der Waals surface area contributed by atoms with Gasteiger partial charge >= 0.3 is 0 Å². The number of rotatable bonds is 8. The average Bonchev–Trinajstić information content (AvgIpc) is 3.20. The minimum atomic E-state index is -0.520. The van der Waals surface area contributed by atoms with E-state index >= 15 is 0 Å². The maximum atomic E-state index is 14.4. The molecule has 1 unspecified atom stereocenters. The molecule has 0 aliphatic rings. The number of benzene rings is 2. The van der Waals surface area contributed by atoms with Gasteiger partial charge in [0.2, 0.25) is 5.88 Å². The third-order valence-corrected chi connectivity index (χ3v) is 5.73. The Balaban J connectivity index is 2.09. The van der Waals surface area contributed by atoms with E-state index in [1.54, 1.807) is 17.0 Å². The number of carbonyl (C=O) groups is 1. The van der Waals surface area contributed by atoms with Crippen LogP contribution in [0.4, 0.5) is 10.3 Å². The molecule has 2 aromatic carbocycles. The quantitative estimate of drug-likeness (QED) is 0.462. The second-order valence-electron chi connectivity index (χ2n) is 8.06. The molecular formula is C25H30FN3O2. The molecule has 0 N–H and O–H groups in total. The van der Waals surface area contributed by atoms with Gasteiger partial charge in [-0.05, 0) is 39.3 Å². The van der Waals surface area contributed by atoms with Crippen LogP contribution in [-0.4, -0.2) is 35.1 Å². The van der Waals surface area contributed by atoms with Crippen molar-refractivity contribution in [3.8, 4) is 11.3 Å². The van der Waals surface area contributed by atoms with Gasteiger partial charge in [-0.3, -0.25) is 4.79 Å². The zero-order chi connectivity index (χ0) is 22.5. The van der Waals surface area contributed by atoms with Crippen LogP contribution in [0.15, 0.2) is 59.1 Å². The van der Waals surface area contributed by atoms with E-state index in [1.807, 2.05) is 56.1 Å². The van der Waals surface area contributed by atoms with Crippen molar-refractivity contribution in [2.45, 2.75) is 52.7 Å². The molecule has 0 saturated heterocycles. The van der Waals surface area contributed by atoms with E-state index in [9.17, 15) is 9.18 Å². The normalized spacial score (nSPS) is 12.1. The standard InChI is InChI=1S/C25H30FN3O2/c1-6-18(4)29(24(30)20-14-10-11-15-22(20)26)16-21-23(19-12-8-7-9-13-19)27-31-25(21)28(5)17(2)3/h7-15,17-18H,6,16H2,1-5H3. The molecule has 1 atom stereocenters. The molecule has 0 aliphatic carbocycles. The highest BCUT2D eigenvalue weighted by Gasteiger charge is 2.29. The first-order chi connectivity index (χ1) is 14.8. The predicted octanol–water partition coefficient (Wildman–Crippen LogP) is 5.77. The van der Waals surface area contributed by atoms with Crippen LogP contribution in [0.5, 0.6) is 0 Å². The third kappa shape index (κ3) is 4.79. The van der Waals surface area contributed by atoms with Crippen molar-refractivity contribution in [2.24, 2.45) is 0 Å². The highest BCUT2D eigenvalue weighted by Crippen LogP contribution is 2.33. The maximum Gasteiger partial charge on any atom is 0.257 e. The average molecular weight is 424 g/mol. The van der Waals surface area contributed by atoms with Gasteiger partial charge in [-0.15, -0.1) is 0 Å². The Labute approximate surface area is 183 Å². The van der Waals surface area contributed by atoms with Crippen molar-refractivity contribution in [3.05, 3.63) is 71.5 Å². The highest BCUT2D eigenvalue weighted by molar-refractivity contribution is 5.94. The number of amides is 1. The van der Waals surface area contributed by atoms with E-state index in [1.165, 1.54) is 12.1 Å². The maximum absolute atomic E-state index is 14.4. The smallest absolute Gasteiger partial charge is 0.257 e.